The molecule has 1 nitrogen and oxygen atoms in total. The minimum atomic E-state index is -4.26. The Morgan fingerprint density at radius 1 is 1.36 bits per heavy atom. The number of alkyl halides is 3. The zero-order chi connectivity index (χ0) is 8.48. The first-order valence-corrected chi connectivity index (χ1v) is 3.82. The average Bonchev–Trinajstić information content (AvgIpc) is 2.31. The molecule has 0 saturated carbocycles. The Morgan fingerprint density at radius 2 is 2.00 bits per heavy atom. The van der Waals surface area contributed by atoms with E-state index in [2.05, 4.69) is 0 Å². The van der Waals surface area contributed by atoms with Gasteiger partial charge in [0.25, 0.3) is 0 Å². The van der Waals surface area contributed by atoms with E-state index in [1.165, 1.54) is 5.38 Å². The van der Waals surface area contributed by atoms with Gasteiger partial charge in [-0.1, -0.05) is 0 Å². The summed E-state index contributed by atoms with van der Waals surface area (Å²) < 4.78 is 36.1. The largest absolute Gasteiger partial charge is 0.417 e. The van der Waals surface area contributed by atoms with Crippen molar-refractivity contribution >= 4 is 11.3 Å². The Kier molecular flexibility index (Phi) is 2.20. The normalized spacial score (nSPS) is 12.0. The molecule has 1 rings (SSSR count). The molecule has 0 unspecified atom stereocenters. The van der Waals surface area contributed by atoms with E-state index in [1.807, 2.05) is 0 Å². The first kappa shape index (κ1) is 8.55. The van der Waals surface area contributed by atoms with Crippen molar-refractivity contribution in [2.24, 2.45) is 5.73 Å². The second kappa shape index (κ2) is 2.83. The highest BCUT2D eigenvalue weighted by molar-refractivity contribution is 7.08. The Balaban J connectivity index is 3.02. The molecular weight excluding hydrogens is 175 g/mol. The molecule has 0 amide bonds. The van der Waals surface area contributed by atoms with E-state index in [4.69, 9.17) is 5.73 Å². The van der Waals surface area contributed by atoms with Gasteiger partial charge in [0.2, 0.25) is 0 Å². The van der Waals surface area contributed by atoms with Crippen LogP contribution in [0.1, 0.15) is 11.1 Å². The van der Waals surface area contributed by atoms with Crippen LogP contribution in [0.3, 0.4) is 0 Å². The van der Waals surface area contributed by atoms with Crippen molar-refractivity contribution < 1.29 is 13.2 Å². The lowest BCUT2D eigenvalue weighted by atomic mass is 10.2. The summed E-state index contributed by atoms with van der Waals surface area (Å²) in [6.07, 6.45) is -4.26. The molecule has 1 aromatic heterocycles. The van der Waals surface area contributed by atoms with Crippen LogP contribution in [0.2, 0.25) is 0 Å². The molecule has 0 aliphatic rings. The Bertz CT molecular complexity index is 240. The second-order valence-corrected chi connectivity index (χ2v) is 2.76. The molecule has 5 heteroatoms. The van der Waals surface area contributed by atoms with Crippen molar-refractivity contribution in [2.45, 2.75) is 12.7 Å². The van der Waals surface area contributed by atoms with Gasteiger partial charge in [0, 0.05) is 11.9 Å². The standard InChI is InChI=1S/C6H6F3NS/c7-6(8,9)5-3-11-2-4(5)1-10/h2-3H,1,10H2. The number of rotatable bonds is 1. The van der Waals surface area contributed by atoms with E-state index >= 15 is 0 Å². The summed E-state index contributed by atoms with van der Waals surface area (Å²) in [5.41, 5.74) is 4.66. The van der Waals surface area contributed by atoms with Gasteiger partial charge in [-0.15, -0.1) is 0 Å². The van der Waals surface area contributed by atoms with Gasteiger partial charge < -0.3 is 5.73 Å². The SMILES string of the molecule is NCc1cscc1C(F)(F)F. The third-order valence-corrected chi connectivity index (χ3v) is 2.06. The molecule has 1 aromatic rings. The predicted octanol–water partition coefficient (Wildman–Crippen LogP) is 2.23. The fourth-order valence-electron chi connectivity index (χ4n) is 0.730. The lowest BCUT2D eigenvalue weighted by Gasteiger charge is -2.05. The van der Waals surface area contributed by atoms with Crippen molar-refractivity contribution in [3.63, 3.8) is 0 Å². The Hall–Kier alpha value is -0.550. The summed E-state index contributed by atoms with van der Waals surface area (Å²) in [7, 11) is 0. The zero-order valence-electron chi connectivity index (χ0n) is 5.48. The number of halogens is 3. The maximum absolute atomic E-state index is 12.0. The van der Waals surface area contributed by atoms with Gasteiger partial charge in [-0.3, -0.25) is 0 Å². The van der Waals surface area contributed by atoms with Crippen LogP contribution < -0.4 is 5.73 Å². The van der Waals surface area contributed by atoms with Crippen LogP contribution in [0.15, 0.2) is 10.8 Å². The molecule has 0 atom stereocenters. The highest BCUT2D eigenvalue weighted by atomic mass is 32.1. The summed E-state index contributed by atoms with van der Waals surface area (Å²) >= 11 is 1.02. The Labute approximate surface area is 65.6 Å². The predicted molar refractivity (Wildman–Crippen MR) is 37.2 cm³/mol. The summed E-state index contributed by atoms with van der Waals surface area (Å²) in [5.74, 6) is 0. The maximum atomic E-state index is 12.0. The highest BCUT2D eigenvalue weighted by Crippen LogP contribution is 2.33. The van der Waals surface area contributed by atoms with Gasteiger partial charge in [0.1, 0.15) is 0 Å². The van der Waals surface area contributed by atoms with Crippen LogP contribution in [-0.4, -0.2) is 0 Å². The molecule has 0 saturated heterocycles. The zero-order valence-corrected chi connectivity index (χ0v) is 6.30. The van der Waals surface area contributed by atoms with E-state index in [0.29, 0.717) is 0 Å². The van der Waals surface area contributed by atoms with E-state index in [9.17, 15) is 13.2 Å². The van der Waals surface area contributed by atoms with Gasteiger partial charge in [-0.2, -0.15) is 24.5 Å². The molecule has 0 fully saturated rings. The highest BCUT2D eigenvalue weighted by Gasteiger charge is 2.33. The van der Waals surface area contributed by atoms with E-state index in [-0.39, 0.29) is 12.1 Å². The van der Waals surface area contributed by atoms with Crippen molar-refractivity contribution in [1.29, 1.82) is 0 Å². The third kappa shape index (κ3) is 1.72. The number of hydrogen-bond donors (Lipinski definition) is 1. The first-order valence-electron chi connectivity index (χ1n) is 2.88. The van der Waals surface area contributed by atoms with Gasteiger partial charge in [0.15, 0.2) is 0 Å². The van der Waals surface area contributed by atoms with Crippen molar-refractivity contribution in [3.05, 3.63) is 21.9 Å². The van der Waals surface area contributed by atoms with Gasteiger partial charge >= 0.3 is 6.18 Å². The minimum absolute atomic E-state index is 0.0572. The van der Waals surface area contributed by atoms with Gasteiger partial charge in [0.05, 0.1) is 5.56 Å². The van der Waals surface area contributed by atoms with Crippen LogP contribution in [0, 0.1) is 0 Å². The average molecular weight is 181 g/mol. The molecule has 11 heavy (non-hydrogen) atoms. The summed E-state index contributed by atoms with van der Waals surface area (Å²) in [6.45, 7) is -0.0572. The quantitative estimate of drug-likeness (QED) is 0.706. The fraction of sp³-hybridized carbons (Fsp3) is 0.333. The topological polar surface area (TPSA) is 26.0 Å². The van der Waals surface area contributed by atoms with E-state index in [1.54, 1.807) is 0 Å². The van der Waals surface area contributed by atoms with Gasteiger partial charge in [-0.25, -0.2) is 0 Å². The minimum Gasteiger partial charge on any atom is -0.326 e. The summed E-state index contributed by atoms with van der Waals surface area (Å²) in [6, 6.07) is 0. The summed E-state index contributed by atoms with van der Waals surface area (Å²) in [5, 5.41) is 2.49. The molecule has 0 aliphatic heterocycles. The van der Waals surface area contributed by atoms with Gasteiger partial charge in [-0.05, 0) is 10.9 Å². The van der Waals surface area contributed by atoms with Crippen molar-refractivity contribution in [2.75, 3.05) is 0 Å². The van der Waals surface area contributed by atoms with Crippen molar-refractivity contribution in [3.8, 4) is 0 Å². The smallest absolute Gasteiger partial charge is 0.326 e. The molecule has 0 radical (unpaired) electrons. The molecule has 0 bridgehead atoms. The van der Waals surface area contributed by atoms with E-state index in [0.717, 1.165) is 16.7 Å². The Morgan fingerprint density at radius 3 is 2.36 bits per heavy atom. The second-order valence-electron chi connectivity index (χ2n) is 2.01. The van der Waals surface area contributed by atoms with Crippen LogP contribution in [0.5, 0.6) is 0 Å². The van der Waals surface area contributed by atoms with Crippen LogP contribution in [-0.2, 0) is 12.7 Å². The van der Waals surface area contributed by atoms with Crippen LogP contribution in [0.25, 0.3) is 0 Å². The molecule has 2 N–H and O–H groups in total. The monoisotopic (exact) mass is 181 g/mol. The maximum Gasteiger partial charge on any atom is 0.417 e. The summed E-state index contributed by atoms with van der Waals surface area (Å²) in [4.78, 5) is 0. The number of thiophene rings is 1. The third-order valence-electron chi connectivity index (χ3n) is 1.27. The molecule has 0 spiro atoms. The lowest BCUT2D eigenvalue weighted by molar-refractivity contribution is -0.137. The number of nitrogens with two attached hydrogens (primary N) is 1. The molecule has 1 heterocycles. The molecule has 0 aliphatic carbocycles. The number of hydrogen-bond acceptors (Lipinski definition) is 2. The molecule has 62 valence electrons. The lowest BCUT2D eigenvalue weighted by Crippen LogP contribution is -2.08. The molecule has 0 aromatic carbocycles. The van der Waals surface area contributed by atoms with Crippen LogP contribution >= 0.6 is 11.3 Å². The first-order chi connectivity index (χ1) is 5.05. The van der Waals surface area contributed by atoms with Crippen molar-refractivity contribution in [1.82, 2.24) is 0 Å². The fourth-order valence-corrected chi connectivity index (χ4v) is 1.61. The molecular formula is C6H6F3NS. The van der Waals surface area contributed by atoms with Crippen LogP contribution in [0.4, 0.5) is 13.2 Å². The van der Waals surface area contributed by atoms with E-state index < -0.39 is 11.7 Å².